The molecular weight excluding hydrogens is 226 g/mol. The summed E-state index contributed by atoms with van der Waals surface area (Å²) in [6.45, 7) is 5.14. The molecule has 3 nitrogen and oxygen atoms in total. The molecule has 18 heavy (non-hydrogen) atoms. The molecule has 2 unspecified atom stereocenters. The lowest BCUT2D eigenvalue weighted by Crippen LogP contribution is -2.40. The van der Waals surface area contributed by atoms with Crippen molar-refractivity contribution in [3.63, 3.8) is 0 Å². The zero-order valence-corrected chi connectivity index (χ0v) is 11.6. The van der Waals surface area contributed by atoms with Crippen LogP contribution in [-0.2, 0) is 4.74 Å². The van der Waals surface area contributed by atoms with Crippen molar-refractivity contribution in [2.45, 2.75) is 38.3 Å². The summed E-state index contributed by atoms with van der Waals surface area (Å²) < 4.78 is 5.01. The average Bonchev–Trinajstić information content (AvgIpc) is 2.38. The van der Waals surface area contributed by atoms with Crippen LogP contribution in [0.15, 0.2) is 30.3 Å². The lowest BCUT2D eigenvalue weighted by Gasteiger charge is -2.27. The normalized spacial score (nSPS) is 16.2. The van der Waals surface area contributed by atoms with E-state index >= 15 is 0 Å². The highest BCUT2D eigenvalue weighted by Crippen LogP contribution is 2.17. The van der Waals surface area contributed by atoms with E-state index in [2.05, 4.69) is 24.4 Å². The molecule has 0 saturated heterocycles. The summed E-state index contributed by atoms with van der Waals surface area (Å²) in [6, 6.07) is 10.6. The highest BCUT2D eigenvalue weighted by atomic mass is 16.5. The predicted molar refractivity (Wildman–Crippen MR) is 74.6 cm³/mol. The third-order valence-electron chi connectivity index (χ3n) is 3.18. The maximum Gasteiger partial charge on any atom is 0.0765 e. The van der Waals surface area contributed by atoms with Gasteiger partial charge in [0.1, 0.15) is 0 Å². The minimum atomic E-state index is -0.724. The van der Waals surface area contributed by atoms with Gasteiger partial charge < -0.3 is 15.2 Å². The summed E-state index contributed by atoms with van der Waals surface area (Å²) in [7, 11) is 1.66. The third-order valence-corrected chi connectivity index (χ3v) is 3.18. The molecule has 0 bridgehead atoms. The molecule has 102 valence electrons. The molecule has 2 N–H and O–H groups in total. The number of hydrogen-bond acceptors (Lipinski definition) is 3. The zero-order valence-electron chi connectivity index (χ0n) is 11.6. The molecule has 0 saturated carbocycles. The van der Waals surface area contributed by atoms with Gasteiger partial charge in [-0.05, 0) is 18.9 Å². The first-order chi connectivity index (χ1) is 8.59. The molecule has 0 fully saturated rings. The first-order valence-electron chi connectivity index (χ1n) is 6.58. The van der Waals surface area contributed by atoms with E-state index in [1.165, 1.54) is 5.56 Å². The zero-order chi connectivity index (χ0) is 13.4. The van der Waals surface area contributed by atoms with Crippen molar-refractivity contribution in [1.82, 2.24) is 5.32 Å². The minimum Gasteiger partial charge on any atom is -0.389 e. The molecule has 0 amide bonds. The highest BCUT2D eigenvalue weighted by Gasteiger charge is 2.21. The van der Waals surface area contributed by atoms with E-state index in [-0.39, 0.29) is 0 Å². The van der Waals surface area contributed by atoms with Gasteiger partial charge in [-0.3, -0.25) is 0 Å². The van der Waals surface area contributed by atoms with Gasteiger partial charge in [-0.2, -0.15) is 0 Å². The van der Waals surface area contributed by atoms with Gasteiger partial charge in [0.15, 0.2) is 0 Å². The van der Waals surface area contributed by atoms with Gasteiger partial charge in [-0.15, -0.1) is 0 Å². The van der Waals surface area contributed by atoms with Gasteiger partial charge in [0, 0.05) is 32.7 Å². The number of nitrogens with one attached hydrogen (secondary N) is 1. The first kappa shape index (κ1) is 15.2. The van der Waals surface area contributed by atoms with Crippen molar-refractivity contribution in [3.8, 4) is 0 Å². The van der Waals surface area contributed by atoms with Crippen molar-refractivity contribution in [1.29, 1.82) is 0 Å². The largest absolute Gasteiger partial charge is 0.389 e. The number of methoxy groups -OCH3 is 1. The van der Waals surface area contributed by atoms with Gasteiger partial charge in [0.25, 0.3) is 0 Å². The molecule has 0 radical (unpaired) electrons. The van der Waals surface area contributed by atoms with Crippen LogP contribution >= 0.6 is 0 Å². The van der Waals surface area contributed by atoms with E-state index in [9.17, 15) is 5.11 Å². The second-order valence-electron chi connectivity index (χ2n) is 4.99. The Labute approximate surface area is 110 Å². The fourth-order valence-corrected chi connectivity index (χ4v) is 1.94. The van der Waals surface area contributed by atoms with Crippen LogP contribution in [0.1, 0.15) is 38.3 Å². The van der Waals surface area contributed by atoms with Gasteiger partial charge in [-0.1, -0.05) is 37.3 Å². The average molecular weight is 251 g/mol. The van der Waals surface area contributed by atoms with Crippen LogP contribution in [0.25, 0.3) is 0 Å². The second kappa shape index (κ2) is 7.52. The van der Waals surface area contributed by atoms with Crippen molar-refractivity contribution in [3.05, 3.63) is 35.9 Å². The third kappa shape index (κ3) is 5.17. The summed E-state index contributed by atoms with van der Waals surface area (Å²) in [5.41, 5.74) is 0.542. The van der Waals surface area contributed by atoms with Gasteiger partial charge in [-0.25, -0.2) is 0 Å². The summed E-state index contributed by atoms with van der Waals surface area (Å²) in [5, 5.41) is 13.6. The Morgan fingerprint density at radius 3 is 2.56 bits per heavy atom. The fourth-order valence-electron chi connectivity index (χ4n) is 1.94. The number of benzene rings is 1. The van der Waals surface area contributed by atoms with Crippen molar-refractivity contribution < 1.29 is 9.84 Å². The van der Waals surface area contributed by atoms with Crippen LogP contribution < -0.4 is 5.32 Å². The lowest BCUT2D eigenvalue weighted by molar-refractivity contribution is 0.0226. The lowest BCUT2D eigenvalue weighted by atomic mass is 10.00. The Bertz CT molecular complexity index is 325. The molecule has 3 heteroatoms. The molecule has 2 atom stereocenters. The second-order valence-corrected chi connectivity index (χ2v) is 4.99. The molecule has 1 rings (SSSR count). The summed E-state index contributed by atoms with van der Waals surface area (Å²) in [6.07, 6.45) is 1.64. The molecule has 0 aliphatic carbocycles. The van der Waals surface area contributed by atoms with E-state index in [0.717, 1.165) is 6.42 Å². The van der Waals surface area contributed by atoms with E-state index in [0.29, 0.717) is 25.6 Å². The van der Waals surface area contributed by atoms with Crippen LogP contribution in [0, 0.1) is 0 Å². The minimum absolute atomic E-state index is 0.292. The molecular formula is C15H25NO2. The van der Waals surface area contributed by atoms with E-state index < -0.39 is 5.60 Å². The van der Waals surface area contributed by atoms with Crippen LogP contribution in [-0.4, -0.2) is 31.0 Å². The highest BCUT2D eigenvalue weighted by molar-refractivity contribution is 5.18. The fraction of sp³-hybridized carbons (Fsp3) is 0.600. The molecule has 0 spiro atoms. The maximum atomic E-state index is 10.2. The molecule has 1 aromatic carbocycles. The van der Waals surface area contributed by atoms with Gasteiger partial charge in [0.2, 0.25) is 0 Å². The molecule has 0 aliphatic rings. The molecule has 1 aromatic rings. The molecule has 0 aliphatic heterocycles. The predicted octanol–water partition coefficient (Wildman–Crippen LogP) is 2.51. The van der Waals surface area contributed by atoms with Crippen LogP contribution in [0.4, 0.5) is 0 Å². The van der Waals surface area contributed by atoms with E-state index in [1.54, 1.807) is 7.11 Å². The van der Waals surface area contributed by atoms with Gasteiger partial charge >= 0.3 is 0 Å². The standard InChI is InChI=1S/C15H25NO2/c1-4-14(13-8-6-5-7-9-13)16-12-15(2,17)10-11-18-3/h5-9,14,16-17H,4,10-12H2,1-3H3. The quantitative estimate of drug-likeness (QED) is 0.746. The number of hydrogen-bond donors (Lipinski definition) is 2. The summed E-state index contributed by atoms with van der Waals surface area (Å²) in [4.78, 5) is 0. The van der Waals surface area contributed by atoms with E-state index in [4.69, 9.17) is 4.74 Å². The maximum absolute atomic E-state index is 10.2. The Morgan fingerprint density at radius 1 is 1.33 bits per heavy atom. The topological polar surface area (TPSA) is 41.5 Å². The smallest absolute Gasteiger partial charge is 0.0765 e. The first-order valence-corrected chi connectivity index (χ1v) is 6.58. The van der Waals surface area contributed by atoms with Crippen LogP contribution in [0.3, 0.4) is 0 Å². The number of rotatable bonds is 8. The Balaban J connectivity index is 2.49. The monoisotopic (exact) mass is 251 g/mol. The number of ether oxygens (including phenoxy) is 1. The molecule has 0 aromatic heterocycles. The SMILES string of the molecule is CCC(NCC(C)(O)CCOC)c1ccccc1. The Hall–Kier alpha value is -0.900. The van der Waals surface area contributed by atoms with E-state index in [1.807, 2.05) is 25.1 Å². The van der Waals surface area contributed by atoms with Crippen molar-refractivity contribution >= 4 is 0 Å². The summed E-state index contributed by atoms with van der Waals surface area (Å²) in [5.74, 6) is 0. The summed E-state index contributed by atoms with van der Waals surface area (Å²) >= 11 is 0. The van der Waals surface area contributed by atoms with Crippen LogP contribution in [0.2, 0.25) is 0 Å². The Kier molecular flexibility index (Phi) is 6.33. The van der Waals surface area contributed by atoms with Crippen molar-refractivity contribution in [2.24, 2.45) is 0 Å². The number of aliphatic hydroxyl groups is 1. The Morgan fingerprint density at radius 2 is 2.00 bits per heavy atom. The van der Waals surface area contributed by atoms with Crippen molar-refractivity contribution in [2.75, 3.05) is 20.3 Å². The van der Waals surface area contributed by atoms with Gasteiger partial charge in [0.05, 0.1) is 5.60 Å². The molecule has 0 heterocycles. The van der Waals surface area contributed by atoms with Crippen LogP contribution in [0.5, 0.6) is 0 Å².